The van der Waals surface area contributed by atoms with Crippen molar-refractivity contribution in [3.63, 3.8) is 0 Å². The van der Waals surface area contributed by atoms with E-state index in [1.807, 2.05) is 49.3 Å². The smallest absolute Gasteiger partial charge is 0.337 e. The molecule has 0 bridgehead atoms. The van der Waals surface area contributed by atoms with Crippen LogP contribution in [0.25, 0.3) is 10.9 Å². The molecule has 5 heteroatoms. The van der Waals surface area contributed by atoms with E-state index in [1.54, 1.807) is 24.3 Å². The maximum Gasteiger partial charge on any atom is 0.337 e. The van der Waals surface area contributed by atoms with Crippen LogP contribution < -0.4 is 4.90 Å². The van der Waals surface area contributed by atoms with Gasteiger partial charge in [0.25, 0.3) is 0 Å². The number of carbonyl (C=O) groups excluding carboxylic acids is 1. The number of anilines is 1. The molecule has 0 saturated heterocycles. The summed E-state index contributed by atoms with van der Waals surface area (Å²) in [6.45, 7) is 0. The van der Waals surface area contributed by atoms with Crippen LogP contribution in [0.5, 0.6) is 0 Å². The third kappa shape index (κ3) is 3.32. The Labute approximate surface area is 146 Å². The summed E-state index contributed by atoms with van der Waals surface area (Å²) in [6.07, 6.45) is -0.821. The molecule has 2 aromatic carbocycles. The maximum absolute atomic E-state index is 11.6. The van der Waals surface area contributed by atoms with Crippen molar-refractivity contribution in [1.29, 1.82) is 0 Å². The molecular weight excluding hydrogens is 316 g/mol. The number of rotatable bonds is 4. The fourth-order valence-electron chi connectivity index (χ4n) is 2.74. The van der Waals surface area contributed by atoms with Crippen molar-refractivity contribution in [2.45, 2.75) is 6.10 Å². The van der Waals surface area contributed by atoms with Gasteiger partial charge in [0.05, 0.1) is 18.2 Å². The number of hydrogen-bond donors (Lipinski definition) is 1. The number of aliphatic hydroxyl groups excluding tert-OH is 1. The van der Waals surface area contributed by atoms with E-state index >= 15 is 0 Å². The average Bonchev–Trinajstić information content (AvgIpc) is 2.66. The van der Waals surface area contributed by atoms with E-state index in [0.717, 1.165) is 22.3 Å². The lowest BCUT2D eigenvalue weighted by molar-refractivity contribution is 0.0600. The minimum atomic E-state index is -0.821. The molecule has 5 nitrogen and oxygen atoms in total. The van der Waals surface area contributed by atoms with Gasteiger partial charge < -0.3 is 14.7 Å². The largest absolute Gasteiger partial charge is 0.465 e. The van der Waals surface area contributed by atoms with Crippen LogP contribution in [0.2, 0.25) is 0 Å². The number of hydrogen-bond acceptors (Lipinski definition) is 5. The van der Waals surface area contributed by atoms with E-state index in [2.05, 4.69) is 4.98 Å². The minimum absolute atomic E-state index is 0.398. The van der Waals surface area contributed by atoms with Crippen LogP contribution in [0.4, 0.5) is 5.82 Å². The van der Waals surface area contributed by atoms with Crippen molar-refractivity contribution in [3.8, 4) is 0 Å². The number of aromatic nitrogens is 1. The lowest BCUT2D eigenvalue weighted by atomic mass is 9.97. The Morgan fingerprint density at radius 2 is 1.80 bits per heavy atom. The Morgan fingerprint density at radius 1 is 1.12 bits per heavy atom. The predicted octanol–water partition coefficient (Wildman–Crippen LogP) is 3.17. The second-order valence-electron chi connectivity index (χ2n) is 6.00. The Bertz CT molecular complexity index is 904. The highest BCUT2D eigenvalue weighted by atomic mass is 16.5. The van der Waals surface area contributed by atoms with Crippen molar-refractivity contribution in [3.05, 3.63) is 71.3 Å². The van der Waals surface area contributed by atoms with Crippen LogP contribution >= 0.6 is 0 Å². The number of fused-ring (bicyclic) bond motifs is 1. The Hall–Kier alpha value is -2.92. The highest BCUT2D eigenvalue weighted by molar-refractivity contribution is 5.89. The third-order valence-electron chi connectivity index (χ3n) is 4.13. The number of nitrogens with zero attached hydrogens (tertiary/aromatic N) is 2. The molecule has 0 aliphatic carbocycles. The molecule has 0 aliphatic heterocycles. The second kappa shape index (κ2) is 6.91. The molecule has 0 saturated carbocycles. The van der Waals surface area contributed by atoms with Gasteiger partial charge in [-0.15, -0.1) is 0 Å². The van der Waals surface area contributed by atoms with E-state index in [1.165, 1.54) is 7.11 Å². The zero-order valence-electron chi connectivity index (χ0n) is 14.4. The molecule has 1 atom stereocenters. The first-order chi connectivity index (χ1) is 12.0. The summed E-state index contributed by atoms with van der Waals surface area (Å²) in [6, 6.07) is 16.4. The highest BCUT2D eigenvalue weighted by Gasteiger charge is 2.17. The first-order valence-corrected chi connectivity index (χ1v) is 7.94. The number of aliphatic hydroxyl groups is 1. The molecular formula is C20H20N2O3. The number of para-hydroxylation sites is 1. The molecule has 25 heavy (non-hydrogen) atoms. The van der Waals surface area contributed by atoms with Crippen LogP contribution in [-0.2, 0) is 4.74 Å². The summed E-state index contributed by atoms with van der Waals surface area (Å²) in [5, 5.41) is 11.8. The first-order valence-electron chi connectivity index (χ1n) is 7.94. The van der Waals surface area contributed by atoms with E-state index < -0.39 is 12.1 Å². The summed E-state index contributed by atoms with van der Waals surface area (Å²) >= 11 is 0. The quantitative estimate of drug-likeness (QED) is 0.742. The van der Waals surface area contributed by atoms with Crippen LogP contribution in [-0.4, -0.2) is 37.3 Å². The molecule has 0 aliphatic rings. The summed E-state index contributed by atoms with van der Waals surface area (Å²) < 4.78 is 4.71. The van der Waals surface area contributed by atoms with Crippen molar-refractivity contribution in [2.24, 2.45) is 0 Å². The lowest BCUT2D eigenvalue weighted by Crippen LogP contribution is -2.12. The lowest BCUT2D eigenvalue weighted by Gasteiger charge is -2.18. The minimum Gasteiger partial charge on any atom is -0.465 e. The van der Waals surface area contributed by atoms with Crippen LogP contribution in [0.15, 0.2) is 54.6 Å². The van der Waals surface area contributed by atoms with Crippen LogP contribution in [0.3, 0.4) is 0 Å². The van der Waals surface area contributed by atoms with Crippen LogP contribution in [0.1, 0.15) is 27.6 Å². The van der Waals surface area contributed by atoms with Crippen molar-refractivity contribution in [1.82, 2.24) is 4.98 Å². The van der Waals surface area contributed by atoms with Crippen molar-refractivity contribution < 1.29 is 14.6 Å². The van der Waals surface area contributed by atoms with Gasteiger partial charge in [-0.3, -0.25) is 0 Å². The zero-order chi connectivity index (χ0) is 18.0. The van der Waals surface area contributed by atoms with Crippen molar-refractivity contribution >= 4 is 22.7 Å². The van der Waals surface area contributed by atoms with Gasteiger partial charge in [-0.2, -0.15) is 0 Å². The van der Waals surface area contributed by atoms with E-state index in [4.69, 9.17) is 4.74 Å². The highest BCUT2D eigenvalue weighted by Crippen LogP contribution is 2.31. The number of methoxy groups -OCH3 is 1. The maximum atomic E-state index is 11.6. The number of ether oxygens (including phenoxy) is 1. The Balaban J connectivity index is 2.07. The topological polar surface area (TPSA) is 62.7 Å². The molecule has 0 spiro atoms. The molecule has 3 rings (SSSR count). The SMILES string of the molecule is COC(=O)c1ccc(C(O)c2cc(N(C)C)nc3ccccc23)cc1. The van der Waals surface area contributed by atoms with Gasteiger partial charge in [-0.25, -0.2) is 9.78 Å². The molecule has 1 N–H and O–H groups in total. The van der Waals surface area contributed by atoms with Gasteiger partial charge in [0.15, 0.2) is 0 Å². The van der Waals surface area contributed by atoms with Gasteiger partial charge in [0.1, 0.15) is 11.9 Å². The van der Waals surface area contributed by atoms with Gasteiger partial charge in [0.2, 0.25) is 0 Å². The molecule has 0 fully saturated rings. The first kappa shape index (κ1) is 16.9. The number of carbonyl (C=O) groups is 1. The third-order valence-corrected chi connectivity index (χ3v) is 4.13. The summed E-state index contributed by atoms with van der Waals surface area (Å²) in [7, 11) is 5.17. The summed E-state index contributed by atoms with van der Waals surface area (Å²) in [5.74, 6) is 0.379. The monoisotopic (exact) mass is 336 g/mol. The Morgan fingerprint density at radius 3 is 2.44 bits per heavy atom. The predicted molar refractivity (Wildman–Crippen MR) is 97.9 cm³/mol. The normalized spacial score (nSPS) is 12.0. The fraction of sp³-hybridized carbons (Fsp3) is 0.200. The summed E-state index contributed by atoms with van der Waals surface area (Å²) in [4.78, 5) is 18.1. The van der Waals surface area contributed by atoms with Gasteiger partial charge in [-0.05, 0) is 35.4 Å². The van der Waals surface area contributed by atoms with Gasteiger partial charge >= 0.3 is 5.97 Å². The number of benzene rings is 2. The van der Waals surface area contributed by atoms with E-state index in [9.17, 15) is 9.90 Å². The summed E-state index contributed by atoms with van der Waals surface area (Å²) in [5.41, 5.74) is 2.76. The van der Waals surface area contributed by atoms with Gasteiger partial charge in [0, 0.05) is 19.5 Å². The van der Waals surface area contributed by atoms with E-state index in [0.29, 0.717) is 11.1 Å². The molecule has 3 aromatic rings. The standard InChI is InChI=1S/C20H20N2O3/c1-22(2)18-12-16(15-6-4-5-7-17(15)21-18)19(23)13-8-10-14(11-9-13)20(24)25-3/h4-12,19,23H,1-3H3. The molecule has 1 aromatic heterocycles. The number of pyridine rings is 1. The molecule has 1 heterocycles. The second-order valence-corrected chi connectivity index (χ2v) is 6.00. The zero-order valence-corrected chi connectivity index (χ0v) is 14.4. The van der Waals surface area contributed by atoms with Gasteiger partial charge in [-0.1, -0.05) is 30.3 Å². The molecule has 128 valence electrons. The Kier molecular flexibility index (Phi) is 4.67. The van der Waals surface area contributed by atoms with E-state index in [-0.39, 0.29) is 0 Å². The molecule has 1 unspecified atom stereocenters. The van der Waals surface area contributed by atoms with Crippen LogP contribution in [0, 0.1) is 0 Å². The molecule has 0 amide bonds. The average molecular weight is 336 g/mol. The fourth-order valence-corrected chi connectivity index (χ4v) is 2.74. The van der Waals surface area contributed by atoms with Crippen molar-refractivity contribution in [2.75, 3.05) is 26.1 Å². The molecule has 0 radical (unpaired) electrons. The number of esters is 1.